The number of carboxylic acids is 1. The first kappa shape index (κ1) is 22.1. The van der Waals surface area contributed by atoms with E-state index in [2.05, 4.69) is 0 Å². The number of hydrogen-bond acceptors (Lipinski definition) is 4. The Kier molecular flexibility index (Phi) is 6.35. The molecule has 1 aliphatic carbocycles. The SMILES string of the molecule is CC(C(=O)O)C(O)CC(O)/C=C/c1c(C2CC2)nc2ccccc2c1-c1ccc(F)cc1. The lowest BCUT2D eigenvalue weighted by Crippen LogP contribution is -2.28. The standard InChI is InChI=1S/C26H26FNO4/c1-15(26(31)32)23(30)14-19(29)12-13-21-24(16-8-10-18(27)11-9-16)20-4-2-3-5-22(20)28-25(21)17-6-7-17/h2-5,8-13,15,17,19,23,29-30H,6-7,14H2,1H3,(H,31,32)/b13-12+. The first-order valence-electron chi connectivity index (χ1n) is 10.8. The molecule has 0 aliphatic heterocycles. The van der Waals surface area contributed by atoms with Crippen molar-refractivity contribution in [2.24, 2.45) is 5.92 Å². The molecule has 3 unspecified atom stereocenters. The van der Waals surface area contributed by atoms with Crippen LogP contribution in [0.1, 0.15) is 43.4 Å². The highest BCUT2D eigenvalue weighted by Gasteiger charge is 2.30. The highest BCUT2D eigenvalue weighted by Crippen LogP contribution is 2.45. The van der Waals surface area contributed by atoms with E-state index in [9.17, 15) is 19.4 Å². The second-order valence-electron chi connectivity index (χ2n) is 8.44. The summed E-state index contributed by atoms with van der Waals surface area (Å²) in [5.41, 5.74) is 4.42. The lowest BCUT2D eigenvalue weighted by Gasteiger charge is -2.18. The number of nitrogens with zero attached hydrogens (tertiary/aromatic N) is 1. The fraction of sp³-hybridized carbons (Fsp3) is 0.308. The third-order valence-corrected chi connectivity index (χ3v) is 5.99. The predicted octanol–water partition coefficient (Wildman–Crippen LogP) is 4.76. The fourth-order valence-electron chi connectivity index (χ4n) is 3.91. The number of aliphatic hydroxyl groups is 2. The second-order valence-corrected chi connectivity index (χ2v) is 8.44. The number of carbonyl (C=O) groups is 1. The van der Waals surface area contributed by atoms with Gasteiger partial charge in [-0.25, -0.2) is 4.39 Å². The molecule has 1 aliphatic rings. The van der Waals surface area contributed by atoms with Crippen LogP contribution >= 0.6 is 0 Å². The molecule has 0 spiro atoms. The Hall–Kier alpha value is -3.09. The molecule has 1 heterocycles. The number of rotatable bonds is 8. The second kappa shape index (κ2) is 9.18. The predicted molar refractivity (Wildman–Crippen MR) is 122 cm³/mol. The monoisotopic (exact) mass is 435 g/mol. The molecule has 3 aromatic rings. The molecule has 1 aromatic heterocycles. The molecule has 3 atom stereocenters. The van der Waals surface area contributed by atoms with Crippen molar-refractivity contribution in [3.8, 4) is 11.1 Å². The van der Waals surface area contributed by atoms with Crippen molar-refractivity contribution < 1.29 is 24.5 Å². The number of carboxylic acid groups (broad SMARTS) is 1. The summed E-state index contributed by atoms with van der Waals surface area (Å²) in [5.74, 6) is -2.07. The topological polar surface area (TPSA) is 90.7 Å². The van der Waals surface area contributed by atoms with Crippen LogP contribution in [0.4, 0.5) is 4.39 Å². The summed E-state index contributed by atoms with van der Waals surface area (Å²) in [7, 11) is 0. The van der Waals surface area contributed by atoms with Crippen molar-refractivity contribution in [3.05, 3.63) is 71.7 Å². The smallest absolute Gasteiger partial charge is 0.308 e. The van der Waals surface area contributed by atoms with Gasteiger partial charge in [0.1, 0.15) is 5.82 Å². The first-order valence-corrected chi connectivity index (χ1v) is 10.8. The number of aliphatic carboxylic acids is 1. The molecular weight excluding hydrogens is 409 g/mol. The van der Waals surface area contributed by atoms with E-state index in [1.54, 1.807) is 24.3 Å². The van der Waals surface area contributed by atoms with E-state index >= 15 is 0 Å². The fourth-order valence-corrected chi connectivity index (χ4v) is 3.91. The number of aromatic nitrogens is 1. The number of hydrogen-bond donors (Lipinski definition) is 3. The molecule has 0 saturated heterocycles. The van der Waals surface area contributed by atoms with Gasteiger partial charge in [0.25, 0.3) is 0 Å². The van der Waals surface area contributed by atoms with Crippen LogP contribution in [0, 0.1) is 11.7 Å². The summed E-state index contributed by atoms with van der Waals surface area (Å²) in [6.07, 6.45) is 3.17. The highest BCUT2D eigenvalue weighted by molar-refractivity contribution is 5.99. The van der Waals surface area contributed by atoms with Gasteiger partial charge in [-0.05, 0) is 43.5 Å². The van der Waals surface area contributed by atoms with Gasteiger partial charge < -0.3 is 15.3 Å². The molecule has 3 N–H and O–H groups in total. The molecule has 0 amide bonds. The van der Waals surface area contributed by atoms with Gasteiger partial charge in [0.2, 0.25) is 0 Å². The lowest BCUT2D eigenvalue weighted by atomic mass is 9.92. The van der Waals surface area contributed by atoms with Crippen LogP contribution in [-0.2, 0) is 4.79 Å². The molecular formula is C26H26FNO4. The molecule has 1 fully saturated rings. The summed E-state index contributed by atoms with van der Waals surface area (Å²) >= 11 is 0. The van der Waals surface area contributed by atoms with Crippen LogP contribution in [0.5, 0.6) is 0 Å². The van der Waals surface area contributed by atoms with Crippen LogP contribution in [0.25, 0.3) is 28.1 Å². The lowest BCUT2D eigenvalue weighted by molar-refractivity contribution is -0.145. The van der Waals surface area contributed by atoms with Crippen molar-refractivity contribution >= 4 is 22.9 Å². The molecule has 32 heavy (non-hydrogen) atoms. The Balaban J connectivity index is 1.78. The summed E-state index contributed by atoms with van der Waals surface area (Å²) in [4.78, 5) is 16.0. The molecule has 0 bridgehead atoms. The molecule has 166 valence electrons. The van der Waals surface area contributed by atoms with Crippen molar-refractivity contribution in [2.75, 3.05) is 0 Å². The van der Waals surface area contributed by atoms with Crippen LogP contribution in [0.2, 0.25) is 0 Å². The zero-order chi connectivity index (χ0) is 22.8. The van der Waals surface area contributed by atoms with Crippen LogP contribution in [0.3, 0.4) is 0 Å². The molecule has 6 heteroatoms. The van der Waals surface area contributed by atoms with E-state index in [-0.39, 0.29) is 12.2 Å². The average molecular weight is 435 g/mol. The third-order valence-electron chi connectivity index (χ3n) is 5.99. The minimum Gasteiger partial charge on any atom is -0.481 e. The number of aliphatic hydroxyl groups excluding tert-OH is 2. The Morgan fingerprint density at radius 1 is 1.16 bits per heavy atom. The van der Waals surface area contributed by atoms with Crippen LogP contribution in [0.15, 0.2) is 54.6 Å². The van der Waals surface area contributed by atoms with E-state index < -0.39 is 24.1 Å². The Morgan fingerprint density at radius 2 is 1.84 bits per heavy atom. The van der Waals surface area contributed by atoms with E-state index in [0.29, 0.717) is 5.92 Å². The average Bonchev–Trinajstić information content (AvgIpc) is 3.62. The zero-order valence-electron chi connectivity index (χ0n) is 17.8. The maximum absolute atomic E-state index is 13.6. The molecule has 1 saturated carbocycles. The number of halogens is 1. The molecule has 4 rings (SSSR count). The highest BCUT2D eigenvalue weighted by atomic mass is 19.1. The van der Waals surface area contributed by atoms with Crippen molar-refractivity contribution in [3.63, 3.8) is 0 Å². The Labute approximate surface area is 185 Å². The number of pyridine rings is 1. The first-order chi connectivity index (χ1) is 15.3. The molecule has 0 radical (unpaired) electrons. The van der Waals surface area contributed by atoms with Gasteiger partial charge in [-0.3, -0.25) is 9.78 Å². The summed E-state index contributed by atoms with van der Waals surface area (Å²) < 4.78 is 13.6. The van der Waals surface area contributed by atoms with Crippen molar-refractivity contribution in [2.45, 2.75) is 44.3 Å². The van der Waals surface area contributed by atoms with Gasteiger partial charge >= 0.3 is 5.97 Å². The van der Waals surface area contributed by atoms with E-state index in [0.717, 1.165) is 46.1 Å². The third kappa shape index (κ3) is 4.71. The quantitative estimate of drug-likeness (QED) is 0.474. The van der Waals surface area contributed by atoms with Gasteiger partial charge in [0, 0.05) is 28.9 Å². The van der Waals surface area contributed by atoms with Crippen molar-refractivity contribution in [1.29, 1.82) is 0 Å². The van der Waals surface area contributed by atoms with Crippen molar-refractivity contribution in [1.82, 2.24) is 4.98 Å². The van der Waals surface area contributed by atoms with E-state index in [1.165, 1.54) is 19.1 Å². The van der Waals surface area contributed by atoms with E-state index in [4.69, 9.17) is 10.1 Å². The van der Waals surface area contributed by atoms with Gasteiger partial charge in [-0.15, -0.1) is 0 Å². The van der Waals surface area contributed by atoms with Gasteiger partial charge in [0.15, 0.2) is 0 Å². The minimum absolute atomic E-state index is 0.0877. The largest absolute Gasteiger partial charge is 0.481 e. The van der Waals surface area contributed by atoms with E-state index in [1.807, 2.05) is 24.3 Å². The van der Waals surface area contributed by atoms with Gasteiger partial charge in [-0.1, -0.05) is 42.5 Å². The molecule has 5 nitrogen and oxygen atoms in total. The number of benzene rings is 2. The number of para-hydroxylation sites is 1. The summed E-state index contributed by atoms with van der Waals surface area (Å²) in [6, 6.07) is 14.1. The Bertz CT molecular complexity index is 1150. The summed E-state index contributed by atoms with van der Waals surface area (Å²) in [6.45, 7) is 1.41. The maximum Gasteiger partial charge on any atom is 0.308 e. The normalized spacial score (nSPS) is 16.9. The van der Waals surface area contributed by atoms with Crippen LogP contribution < -0.4 is 0 Å². The molecule has 2 aromatic carbocycles. The number of fused-ring (bicyclic) bond motifs is 1. The van der Waals surface area contributed by atoms with Gasteiger partial charge in [0.05, 0.1) is 29.3 Å². The minimum atomic E-state index is -1.17. The maximum atomic E-state index is 13.6. The van der Waals surface area contributed by atoms with Crippen LogP contribution in [-0.4, -0.2) is 38.5 Å². The zero-order valence-corrected chi connectivity index (χ0v) is 17.8. The summed E-state index contributed by atoms with van der Waals surface area (Å²) in [5, 5.41) is 30.5. The van der Waals surface area contributed by atoms with Gasteiger partial charge in [-0.2, -0.15) is 0 Å². The Morgan fingerprint density at radius 3 is 2.50 bits per heavy atom.